The molecule has 17 heavy (non-hydrogen) atoms. The van der Waals surface area contributed by atoms with E-state index in [9.17, 15) is 0 Å². The second-order valence-electron chi connectivity index (χ2n) is 6.25. The van der Waals surface area contributed by atoms with Crippen LogP contribution in [0.15, 0.2) is 18.5 Å². The van der Waals surface area contributed by atoms with Crippen molar-refractivity contribution in [2.75, 3.05) is 13.1 Å². The molecule has 3 heteroatoms. The molecular formula is C14H27N3. The second-order valence-corrected chi connectivity index (χ2v) is 6.25. The molecule has 0 aromatic carbocycles. The summed E-state index contributed by atoms with van der Waals surface area (Å²) < 4.78 is 0. The van der Waals surface area contributed by atoms with Crippen LogP contribution in [0.4, 0.5) is 0 Å². The number of hydrogen-bond donors (Lipinski definition) is 3. The van der Waals surface area contributed by atoms with E-state index >= 15 is 0 Å². The molecule has 0 fully saturated rings. The summed E-state index contributed by atoms with van der Waals surface area (Å²) in [6.45, 7) is 10.7. The Morgan fingerprint density at radius 2 is 2.00 bits per heavy atom. The maximum absolute atomic E-state index is 5.95. The molecule has 98 valence electrons. The Labute approximate surface area is 105 Å². The maximum Gasteiger partial charge on any atom is 0.00975 e. The van der Waals surface area contributed by atoms with E-state index in [0.29, 0.717) is 0 Å². The van der Waals surface area contributed by atoms with Gasteiger partial charge in [-0.05, 0) is 44.9 Å². The molecule has 0 saturated carbocycles. The van der Waals surface area contributed by atoms with Crippen molar-refractivity contribution in [1.29, 1.82) is 0 Å². The lowest BCUT2D eigenvalue weighted by Crippen LogP contribution is -2.35. The Balaban J connectivity index is 2.23. The monoisotopic (exact) mass is 237 g/mol. The summed E-state index contributed by atoms with van der Waals surface area (Å²) in [5.41, 5.74) is 7.43. The van der Waals surface area contributed by atoms with E-state index in [2.05, 4.69) is 50.3 Å². The fraction of sp³-hybridized carbons (Fsp3) is 0.714. The molecule has 0 aliphatic carbocycles. The molecule has 0 atom stereocenters. The maximum atomic E-state index is 5.95. The second kappa shape index (κ2) is 5.69. The predicted molar refractivity (Wildman–Crippen MR) is 74.2 cm³/mol. The minimum atomic E-state index is -0.0438. The summed E-state index contributed by atoms with van der Waals surface area (Å²) in [5, 5.41) is 3.52. The van der Waals surface area contributed by atoms with Crippen LogP contribution in [0.1, 0.15) is 46.1 Å². The van der Waals surface area contributed by atoms with Crippen molar-refractivity contribution in [3.05, 3.63) is 24.0 Å². The Bertz CT molecular complexity index is 307. The average Bonchev–Trinajstić information content (AvgIpc) is 2.68. The number of nitrogens with one attached hydrogen (secondary N) is 2. The summed E-state index contributed by atoms with van der Waals surface area (Å²) >= 11 is 0. The van der Waals surface area contributed by atoms with Crippen LogP contribution in [0.3, 0.4) is 0 Å². The molecule has 0 radical (unpaired) electrons. The standard InChI is InChI=1S/C14H27N3/c1-13(2,12-6-9-16-10-12)11-17-8-5-7-14(3,4)15/h6,9-10,16-17H,5,7-8,11,15H2,1-4H3. The first-order valence-electron chi connectivity index (χ1n) is 6.44. The topological polar surface area (TPSA) is 53.8 Å². The van der Waals surface area contributed by atoms with Crippen LogP contribution in [-0.2, 0) is 5.41 Å². The van der Waals surface area contributed by atoms with Crippen molar-refractivity contribution in [1.82, 2.24) is 10.3 Å². The van der Waals surface area contributed by atoms with Crippen LogP contribution in [0.5, 0.6) is 0 Å². The Morgan fingerprint density at radius 1 is 1.29 bits per heavy atom. The van der Waals surface area contributed by atoms with Crippen LogP contribution < -0.4 is 11.1 Å². The van der Waals surface area contributed by atoms with E-state index in [0.717, 1.165) is 25.9 Å². The molecular weight excluding hydrogens is 210 g/mol. The van der Waals surface area contributed by atoms with E-state index in [1.807, 2.05) is 6.20 Å². The van der Waals surface area contributed by atoms with Crippen molar-refractivity contribution in [3.8, 4) is 0 Å². The first-order valence-corrected chi connectivity index (χ1v) is 6.44. The van der Waals surface area contributed by atoms with Crippen LogP contribution in [-0.4, -0.2) is 23.6 Å². The first-order chi connectivity index (χ1) is 7.81. The number of nitrogens with two attached hydrogens (primary N) is 1. The van der Waals surface area contributed by atoms with Crippen molar-refractivity contribution in [2.24, 2.45) is 5.73 Å². The molecule has 4 N–H and O–H groups in total. The number of rotatable bonds is 7. The largest absolute Gasteiger partial charge is 0.367 e. The summed E-state index contributed by atoms with van der Waals surface area (Å²) in [6, 6.07) is 2.14. The van der Waals surface area contributed by atoms with Gasteiger partial charge in [0.1, 0.15) is 0 Å². The summed E-state index contributed by atoms with van der Waals surface area (Å²) in [7, 11) is 0. The smallest absolute Gasteiger partial charge is 0.00975 e. The number of hydrogen-bond acceptors (Lipinski definition) is 2. The Morgan fingerprint density at radius 3 is 2.53 bits per heavy atom. The molecule has 0 amide bonds. The first kappa shape index (κ1) is 14.3. The molecule has 3 nitrogen and oxygen atoms in total. The average molecular weight is 237 g/mol. The van der Waals surface area contributed by atoms with Gasteiger partial charge in [-0.25, -0.2) is 0 Å². The summed E-state index contributed by atoms with van der Waals surface area (Å²) in [4.78, 5) is 3.11. The molecule has 1 aromatic rings. The van der Waals surface area contributed by atoms with Gasteiger partial charge < -0.3 is 16.0 Å². The highest BCUT2D eigenvalue weighted by Crippen LogP contribution is 2.21. The molecule has 0 spiro atoms. The van der Waals surface area contributed by atoms with Crippen LogP contribution in [0.25, 0.3) is 0 Å². The summed E-state index contributed by atoms with van der Waals surface area (Å²) in [6.07, 6.45) is 6.25. The van der Waals surface area contributed by atoms with Gasteiger partial charge in [0.05, 0.1) is 0 Å². The van der Waals surface area contributed by atoms with E-state index < -0.39 is 0 Å². The van der Waals surface area contributed by atoms with Crippen molar-refractivity contribution >= 4 is 0 Å². The van der Waals surface area contributed by atoms with E-state index in [4.69, 9.17) is 5.73 Å². The highest BCUT2D eigenvalue weighted by atomic mass is 14.9. The third-order valence-electron chi connectivity index (χ3n) is 3.12. The van der Waals surface area contributed by atoms with Gasteiger partial charge in [-0.1, -0.05) is 13.8 Å². The lowest BCUT2D eigenvalue weighted by atomic mass is 9.86. The normalized spacial score (nSPS) is 13.0. The molecule has 0 aliphatic rings. The van der Waals surface area contributed by atoms with Crippen molar-refractivity contribution < 1.29 is 0 Å². The zero-order chi connectivity index (χ0) is 12.9. The SMILES string of the molecule is CC(C)(N)CCCNCC(C)(C)c1cc[nH]c1. The molecule has 0 saturated heterocycles. The Kier molecular flexibility index (Phi) is 4.78. The van der Waals surface area contributed by atoms with Gasteiger partial charge in [0.25, 0.3) is 0 Å². The quantitative estimate of drug-likeness (QED) is 0.638. The third kappa shape index (κ3) is 5.37. The van der Waals surface area contributed by atoms with Gasteiger partial charge in [-0.2, -0.15) is 0 Å². The fourth-order valence-corrected chi connectivity index (χ4v) is 1.92. The van der Waals surface area contributed by atoms with Gasteiger partial charge in [-0.15, -0.1) is 0 Å². The van der Waals surface area contributed by atoms with Crippen molar-refractivity contribution in [3.63, 3.8) is 0 Å². The van der Waals surface area contributed by atoms with Gasteiger partial charge in [0.2, 0.25) is 0 Å². The number of aromatic nitrogens is 1. The molecule has 1 rings (SSSR count). The van der Waals surface area contributed by atoms with E-state index in [1.54, 1.807) is 0 Å². The van der Waals surface area contributed by atoms with Gasteiger partial charge in [-0.3, -0.25) is 0 Å². The van der Waals surface area contributed by atoms with Crippen LogP contribution in [0, 0.1) is 0 Å². The predicted octanol–water partition coefficient (Wildman–Crippen LogP) is 2.40. The molecule has 0 bridgehead atoms. The minimum absolute atomic E-state index is 0.0438. The Hall–Kier alpha value is -0.800. The zero-order valence-electron chi connectivity index (χ0n) is 11.6. The minimum Gasteiger partial charge on any atom is -0.367 e. The van der Waals surface area contributed by atoms with Crippen molar-refractivity contribution in [2.45, 2.75) is 51.5 Å². The highest BCUT2D eigenvalue weighted by Gasteiger charge is 2.20. The molecule has 0 unspecified atom stereocenters. The van der Waals surface area contributed by atoms with Gasteiger partial charge in [0.15, 0.2) is 0 Å². The highest BCUT2D eigenvalue weighted by molar-refractivity contribution is 5.20. The lowest BCUT2D eigenvalue weighted by Gasteiger charge is -2.25. The molecule has 1 heterocycles. The summed E-state index contributed by atoms with van der Waals surface area (Å²) in [5.74, 6) is 0. The fourth-order valence-electron chi connectivity index (χ4n) is 1.92. The third-order valence-corrected chi connectivity index (χ3v) is 3.12. The van der Waals surface area contributed by atoms with E-state index in [1.165, 1.54) is 5.56 Å². The van der Waals surface area contributed by atoms with Gasteiger partial charge in [0, 0.05) is 29.9 Å². The van der Waals surface area contributed by atoms with Crippen LogP contribution in [0.2, 0.25) is 0 Å². The number of H-pyrrole nitrogens is 1. The lowest BCUT2D eigenvalue weighted by molar-refractivity contribution is 0.424. The zero-order valence-corrected chi connectivity index (χ0v) is 11.6. The van der Waals surface area contributed by atoms with E-state index in [-0.39, 0.29) is 11.0 Å². The molecule has 1 aromatic heterocycles. The molecule has 0 aliphatic heterocycles. The van der Waals surface area contributed by atoms with Gasteiger partial charge >= 0.3 is 0 Å². The number of aromatic amines is 1. The van der Waals surface area contributed by atoms with Crippen LogP contribution >= 0.6 is 0 Å².